The van der Waals surface area contributed by atoms with E-state index in [1.165, 1.54) is 0 Å². The maximum Gasteiger partial charge on any atom is 0.226 e. The van der Waals surface area contributed by atoms with Gasteiger partial charge in [-0.3, -0.25) is 4.79 Å². The highest BCUT2D eigenvalue weighted by Gasteiger charge is 2.33. The summed E-state index contributed by atoms with van der Waals surface area (Å²) in [6.07, 6.45) is 0.342. The van der Waals surface area contributed by atoms with Crippen LogP contribution in [0.3, 0.4) is 0 Å². The SMILES string of the molecule is COc1cc(C2CC(=O)Nc3c2c(C)nn3-c2nc3ccccc3s2)ccc1OCC(C)C. The van der Waals surface area contributed by atoms with Crippen LogP contribution in [-0.4, -0.2) is 34.4 Å². The predicted octanol–water partition coefficient (Wildman–Crippen LogP) is 5.31. The molecule has 1 N–H and O–H groups in total. The molecule has 0 saturated heterocycles. The number of hydrogen-bond acceptors (Lipinski definition) is 6. The molecule has 0 spiro atoms. The number of nitrogens with one attached hydrogen (secondary N) is 1. The van der Waals surface area contributed by atoms with Crippen molar-refractivity contribution in [1.29, 1.82) is 0 Å². The Hall–Kier alpha value is -3.39. The third-order valence-corrected chi connectivity index (χ3v) is 6.74. The molecule has 0 saturated carbocycles. The molecule has 7 nitrogen and oxygen atoms in total. The standard InChI is InChI=1S/C25H26N4O3S/c1-14(2)13-32-19-10-9-16(11-20(19)31-4)17-12-22(30)27-24-23(17)15(3)28-29(24)25-26-18-7-5-6-8-21(18)33-25/h5-11,14,17H,12-13H2,1-4H3,(H,27,30). The van der Waals surface area contributed by atoms with Gasteiger partial charge in [-0.1, -0.05) is 43.4 Å². The zero-order chi connectivity index (χ0) is 23.1. The fraction of sp³-hybridized carbons (Fsp3) is 0.320. The smallest absolute Gasteiger partial charge is 0.226 e. The molecular formula is C25H26N4O3S. The number of nitrogens with zero attached hydrogens (tertiary/aromatic N) is 3. The summed E-state index contributed by atoms with van der Waals surface area (Å²) >= 11 is 1.55. The van der Waals surface area contributed by atoms with Gasteiger partial charge in [0.05, 0.1) is 29.6 Å². The van der Waals surface area contributed by atoms with Crippen LogP contribution >= 0.6 is 11.3 Å². The molecule has 0 radical (unpaired) electrons. The number of carbonyl (C=O) groups excluding carboxylic acids is 1. The van der Waals surface area contributed by atoms with Gasteiger partial charge < -0.3 is 14.8 Å². The molecule has 0 bridgehead atoms. The van der Waals surface area contributed by atoms with Crippen LogP contribution in [0.25, 0.3) is 15.3 Å². The van der Waals surface area contributed by atoms with Crippen molar-refractivity contribution in [3.8, 4) is 16.6 Å². The molecule has 1 unspecified atom stereocenters. The number of hydrogen-bond donors (Lipinski definition) is 1. The molecule has 2 aromatic carbocycles. The largest absolute Gasteiger partial charge is 0.493 e. The summed E-state index contributed by atoms with van der Waals surface area (Å²) in [4.78, 5) is 17.5. The molecule has 4 aromatic rings. The third-order valence-electron chi connectivity index (χ3n) is 5.73. The van der Waals surface area contributed by atoms with Gasteiger partial charge in [-0.25, -0.2) is 4.98 Å². The highest BCUT2D eigenvalue weighted by molar-refractivity contribution is 7.20. The highest BCUT2D eigenvalue weighted by atomic mass is 32.1. The second-order valence-corrected chi connectivity index (χ2v) is 9.65. The molecule has 2 aromatic heterocycles. The number of methoxy groups -OCH3 is 1. The van der Waals surface area contributed by atoms with Crippen LogP contribution in [0.15, 0.2) is 42.5 Å². The van der Waals surface area contributed by atoms with Crippen LogP contribution in [0.4, 0.5) is 5.82 Å². The second kappa shape index (κ2) is 8.51. The van der Waals surface area contributed by atoms with Gasteiger partial charge in [-0.15, -0.1) is 0 Å². The molecular weight excluding hydrogens is 436 g/mol. The lowest BCUT2D eigenvalue weighted by molar-refractivity contribution is -0.116. The molecule has 1 aliphatic heterocycles. The van der Waals surface area contributed by atoms with Gasteiger partial charge in [0.2, 0.25) is 11.0 Å². The molecule has 5 rings (SSSR count). The van der Waals surface area contributed by atoms with E-state index in [2.05, 4.69) is 19.2 Å². The van der Waals surface area contributed by atoms with Crippen LogP contribution < -0.4 is 14.8 Å². The summed E-state index contributed by atoms with van der Waals surface area (Å²) in [7, 11) is 1.64. The number of ether oxygens (including phenoxy) is 2. The molecule has 0 aliphatic carbocycles. The predicted molar refractivity (Wildman–Crippen MR) is 130 cm³/mol. The van der Waals surface area contributed by atoms with Crippen LogP contribution in [0, 0.1) is 12.8 Å². The van der Waals surface area contributed by atoms with E-state index in [4.69, 9.17) is 19.6 Å². The Morgan fingerprint density at radius 3 is 2.79 bits per heavy atom. The van der Waals surface area contributed by atoms with E-state index >= 15 is 0 Å². The van der Waals surface area contributed by atoms with Crippen LogP contribution in [0.1, 0.15) is 43.0 Å². The normalized spacial score (nSPS) is 15.5. The Morgan fingerprint density at radius 1 is 1.21 bits per heavy atom. The lowest BCUT2D eigenvalue weighted by Crippen LogP contribution is -2.25. The monoisotopic (exact) mass is 462 g/mol. The minimum atomic E-state index is -0.134. The lowest BCUT2D eigenvalue weighted by Gasteiger charge is -2.25. The Kier molecular flexibility index (Phi) is 5.54. The van der Waals surface area contributed by atoms with E-state index in [1.807, 2.05) is 49.4 Å². The summed E-state index contributed by atoms with van der Waals surface area (Å²) in [5.41, 5.74) is 3.78. The molecule has 1 atom stereocenters. The number of thiazole rings is 1. The Labute approximate surface area is 196 Å². The fourth-order valence-electron chi connectivity index (χ4n) is 4.20. The minimum absolute atomic E-state index is 0.0473. The van der Waals surface area contributed by atoms with Crippen LogP contribution in [0.2, 0.25) is 0 Å². The number of aromatic nitrogens is 3. The van der Waals surface area contributed by atoms with Crippen molar-refractivity contribution in [2.45, 2.75) is 33.1 Å². The van der Waals surface area contributed by atoms with Gasteiger partial charge >= 0.3 is 0 Å². The number of anilines is 1. The maximum absolute atomic E-state index is 12.7. The van der Waals surface area contributed by atoms with Gasteiger partial charge in [0.1, 0.15) is 5.82 Å². The van der Waals surface area contributed by atoms with Gasteiger partial charge in [0.25, 0.3) is 0 Å². The number of fused-ring (bicyclic) bond motifs is 2. The number of aryl methyl sites for hydroxylation is 1. The van der Waals surface area contributed by atoms with E-state index < -0.39 is 0 Å². The Bertz CT molecular complexity index is 1310. The quantitative estimate of drug-likeness (QED) is 0.420. The Morgan fingerprint density at radius 2 is 2.03 bits per heavy atom. The first-order chi connectivity index (χ1) is 15.9. The van der Waals surface area contributed by atoms with Crippen LogP contribution in [-0.2, 0) is 4.79 Å². The molecule has 3 heterocycles. The van der Waals surface area contributed by atoms with Crippen molar-refractivity contribution in [2.24, 2.45) is 5.92 Å². The average Bonchev–Trinajstić information content (AvgIpc) is 3.38. The fourth-order valence-corrected chi connectivity index (χ4v) is 5.12. The number of rotatable bonds is 6. The number of para-hydroxylation sites is 1. The molecule has 8 heteroatoms. The van der Waals surface area contributed by atoms with Gasteiger partial charge in [0.15, 0.2) is 11.5 Å². The summed E-state index contributed by atoms with van der Waals surface area (Å²) in [6, 6.07) is 13.9. The average molecular weight is 463 g/mol. The van der Waals surface area contributed by atoms with Crippen LogP contribution in [0.5, 0.6) is 11.5 Å². The molecule has 33 heavy (non-hydrogen) atoms. The zero-order valence-corrected chi connectivity index (χ0v) is 19.9. The molecule has 1 amide bonds. The number of benzene rings is 2. The van der Waals surface area contributed by atoms with Gasteiger partial charge in [-0.2, -0.15) is 9.78 Å². The van der Waals surface area contributed by atoms with Crippen molar-refractivity contribution in [3.63, 3.8) is 0 Å². The molecule has 0 fully saturated rings. The summed E-state index contributed by atoms with van der Waals surface area (Å²) in [5.74, 6) is 2.29. The second-order valence-electron chi connectivity index (χ2n) is 8.64. The van der Waals surface area contributed by atoms with Crippen molar-refractivity contribution in [1.82, 2.24) is 14.8 Å². The third kappa shape index (κ3) is 3.95. The van der Waals surface area contributed by atoms with E-state index in [-0.39, 0.29) is 11.8 Å². The zero-order valence-electron chi connectivity index (χ0n) is 19.1. The Balaban J connectivity index is 1.56. The number of amides is 1. The number of carbonyl (C=O) groups is 1. The van der Waals surface area contributed by atoms with Crippen molar-refractivity contribution >= 4 is 33.3 Å². The first-order valence-corrected chi connectivity index (χ1v) is 11.8. The molecule has 170 valence electrons. The summed E-state index contributed by atoms with van der Waals surface area (Å²) in [6.45, 7) is 6.80. The highest BCUT2D eigenvalue weighted by Crippen LogP contribution is 2.43. The van der Waals surface area contributed by atoms with E-state index in [0.717, 1.165) is 32.2 Å². The maximum atomic E-state index is 12.7. The first-order valence-electron chi connectivity index (χ1n) is 11.0. The minimum Gasteiger partial charge on any atom is -0.493 e. The van der Waals surface area contributed by atoms with Gasteiger partial charge in [0, 0.05) is 17.9 Å². The van der Waals surface area contributed by atoms with E-state index in [0.29, 0.717) is 36.3 Å². The summed E-state index contributed by atoms with van der Waals surface area (Å²) < 4.78 is 14.4. The summed E-state index contributed by atoms with van der Waals surface area (Å²) in [5, 5.41) is 8.54. The van der Waals surface area contributed by atoms with E-state index in [9.17, 15) is 4.79 Å². The van der Waals surface area contributed by atoms with Crippen molar-refractivity contribution < 1.29 is 14.3 Å². The first kappa shape index (κ1) is 21.5. The van der Waals surface area contributed by atoms with E-state index in [1.54, 1.807) is 23.1 Å². The topological polar surface area (TPSA) is 78.3 Å². The molecule has 1 aliphatic rings. The van der Waals surface area contributed by atoms with Gasteiger partial charge in [-0.05, 0) is 42.7 Å². The lowest BCUT2D eigenvalue weighted by atomic mass is 9.85. The van der Waals surface area contributed by atoms with Crippen molar-refractivity contribution in [2.75, 3.05) is 19.0 Å². The van der Waals surface area contributed by atoms with Crippen molar-refractivity contribution in [3.05, 3.63) is 59.3 Å².